The number of aliphatic hydroxyl groups excluding tert-OH is 1. The van der Waals surface area contributed by atoms with Gasteiger partial charge in [0.05, 0.1) is 0 Å². The molecule has 2 rings (SSSR count). The number of β-amino-alcohol motifs (C(OH)–C–C–N with tert-alkyl or cyclic N) is 1. The van der Waals surface area contributed by atoms with Gasteiger partial charge in [0.25, 0.3) is 0 Å². The van der Waals surface area contributed by atoms with E-state index in [4.69, 9.17) is 4.74 Å². The third-order valence-corrected chi connectivity index (χ3v) is 3.85. The van der Waals surface area contributed by atoms with Gasteiger partial charge in [0, 0.05) is 12.6 Å². The summed E-state index contributed by atoms with van der Waals surface area (Å²) in [6, 6.07) is 8.53. The molecule has 0 radical (unpaired) electrons. The van der Waals surface area contributed by atoms with Crippen LogP contribution in [0.15, 0.2) is 24.3 Å². The van der Waals surface area contributed by atoms with E-state index < -0.39 is 6.10 Å². The van der Waals surface area contributed by atoms with Crippen molar-refractivity contribution in [3.63, 3.8) is 0 Å². The van der Waals surface area contributed by atoms with Gasteiger partial charge in [0.15, 0.2) is 0 Å². The molecule has 0 bridgehead atoms. The van der Waals surface area contributed by atoms with E-state index in [0.717, 1.165) is 12.3 Å². The molecule has 0 saturated carbocycles. The fourth-order valence-corrected chi connectivity index (χ4v) is 2.58. The number of nitrogens with zero attached hydrogens (tertiary/aromatic N) is 1. The molecule has 0 aromatic heterocycles. The van der Waals surface area contributed by atoms with Gasteiger partial charge in [-0.1, -0.05) is 24.1 Å². The molecule has 4 heteroatoms. The summed E-state index contributed by atoms with van der Waals surface area (Å²) in [5.41, 5.74) is 1.22. The molecule has 2 atom stereocenters. The Morgan fingerprint density at radius 1 is 1.30 bits per heavy atom. The molecule has 114 valence electrons. The zero-order valence-electron chi connectivity index (χ0n) is 12.4. The van der Waals surface area contributed by atoms with Gasteiger partial charge in [-0.05, 0) is 45.4 Å². The van der Waals surface area contributed by atoms with Crippen molar-refractivity contribution >= 4 is 12.4 Å². The lowest BCUT2D eigenvalue weighted by Crippen LogP contribution is -2.43. The topological polar surface area (TPSA) is 32.7 Å². The van der Waals surface area contributed by atoms with Gasteiger partial charge in [-0.25, -0.2) is 0 Å². The molecule has 1 aromatic rings. The first kappa shape index (κ1) is 17.3. The average Bonchev–Trinajstić information content (AvgIpc) is 2.41. The molecule has 1 aliphatic heterocycles. The number of ether oxygens (including phenoxy) is 1. The molecule has 1 aliphatic rings. The highest BCUT2D eigenvalue weighted by Gasteiger charge is 2.20. The third-order valence-electron chi connectivity index (χ3n) is 3.85. The highest BCUT2D eigenvalue weighted by atomic mass is 35.5. The van der Waals surface area contributed by atoms with Crippen LogP contribution in [0.3, 0.4) is 0 Å². The minimum absolute atomic E-state index is 0. The Bertz CT molecular complexity index is 383. The van der Waals surface area contributed by atoms with Crippen molar-refractivity contribution in [2.75, 3.05) is 19.7 Å². The second-order valence-electron chi connectivity index (χ2n) is 5.62. The molecule has 2 unspecified atom stereocenters. The van der Waals surface area contributed by atoms with Crippen LogP contribution in [0.2, 0.25) is 0 Å². The van der Waals surface area contributed by atoms with Gasteiger partial charge >= 0.3 is 0 Å². The molecule has 1 fully saturated rings. The zero-order chi connectivity index (χ0) is 13.7. The van der Waals surface area contributed by atoms with E-state index in [2.05, 4.69) is 18.7 Å². The van der Waals surface area contributed by atoms with Crippen molar-refractivity contribution in [3.8, 4) is 5.75 Å². The van der Waals surface area contributed by atoms with Crippen LogP contribution in [-0.4, -0.2) is 41.8 Å². The molecule has 20 heavy (non-hydrogen) atoms. The smallest absolute Gasteiger partial charge is 0.119 e. The maximum atomic E-state index is 10.1. The number of piperidine rings is 1. The average molecular weight is 300 g/mol. The lowest BCUT2D eigenvalue weighted by molar-refractivity contribution is 0.0438. The van der Waals surface area contributed by atoms with Crippen LogP contribution in [0.4, 0.5) is 0 Å². The van der Waals surface area contributed by atoms with Crippen LogP contribution < -0.4 is 4.74 Å². The summed E-state index contributed by atoms with van der Waals surface area (Å²) in [7, 11) is 0. The Morgan fingerprint density at radius 2 is 2.00 bits per heavy atom. The van der Waals surface area contributed by atoms with E-state index in [1.165, 1.54) is 24.8 Å². The number of aryl methyl sites for hydroxylation is 1. The first-order chi connectivity index (χ1) is 9.15. The number of benzene rings is 1. The fraction of sp³-hybridized carbons (Fsp3) is 0.625. The summed E-state index contributed by atoms with van der Waals surface area (Å²) in [6.07, 6.45) is 3.39. The van der Waals surface area contributed by atoms with Crippen LogP contribution in [-0.2, 0) is 0 Å². The van der Waals surface area contributed by atoms with Crippen molar-refractivity contribution in [1.82, 2.24) is 4.90 Å². The molecule has 0 aliphatic carbocycles. The van der Waals surface area contributed by atoms with Crippen molar-refractivity contribution in [3.05, 3.63) is 29.8 Å². The first-order valence-electron chi connectivity index (χ1n) is 7.27. The summed E-state index contributed by atoms with van der Waals surface area (Å²) in [4.78, 5) is 2.37. The molecular weight excluding hydrogens is 274 g/mol. The second-order valence-corrected chi connectivity index (χ2v) is 5.62. The zero-order valence-corrected chi connectivity index (χ0v) is 13.2. The Labute approximate surface area is 128 Å². The molecule has 1 aromatic carbocycles. The van der Waals surface area contributed by atoms with Gasteiger partial charge in [-0.15, -0.1) is 12.4 Å². The first-order valence-corrected chi connectivity index (χ1v) is 7.27. The Kier molecular flexibility index (Phi) is 7.35. The van der Waals surface area contributed by atoms with E-state index >= 15 is 0 Å². The van der Waals surface area contributed by atoms with Gasteiger partial charge in [-0.2, -0.15) is 0 Å². The van der Waals surface area contributed by atoms with Gasteiger partial charge in [-0.3, -0.25) is 4.90 Å². The Morgan fingerprint density at radius 3 is 2.65 bits per heavy atom. The number of aliphatic hydroxyl groups is 1. The summed E-state index contributed by atoms with van der Waals surface area (Å²) in [5, 5.41) is 10.1. The van der Waals surface area contributed by atoms with E-state index in [1.807, 2.05) is 24.3 Å². The van der Waals surface area contributed by atoms with Crippen LogP contribution in [0.25, 0.3) is 0 Å². The summed E-state index contributed by atoms with van der Waals surface area (Å²) >= 11 is 0. The Hall–Kier alpha value is -0.770. The van der Waals surface area contributed by atoms with E-state index in [1.54, 1.807) is 0 Å². The van der Waals surface area contributed by atoms with Gasteiger partial charge in [0.2, 0.25) is 0 Å². The van der Waals surface area contributed by atoms with Crippen molar-refractivity contribution in [2.45, 2.75) is 45.3 Å². The van der Waals surface area contributed by atoms with Crippen LogP contribution >= 0.6 is 12.4 Å². The minimum atomic E-state index is -0.415. The predicted octanol–water partition coefficient (Wildman–Crippen LogP) is 3.03. The summed E-state index contributed by atoms with van der Waals surface area (Å²) in [6.45, 7) is 6.48. The lowest BCUT2D eigenvalue weighted by atomic mass is 10.0. The summed E-state index contributed by atoms with van der Waals surface area (Å²) in [5.74, 6) is 0.830. The molecule has 0 spiro atoms. The second kappa shape index (κ2) is 8.50. The van der Waals surface area contributed by atoms with Crippen LogP contribution in [0.5, 0.6) is 5.75 Å². The maximum absolute atomic E-state index is 10.1. The fourth-order valence-electron chi connectivity index (χ4n) is 2.58. The van der Waals surface area contributed by atoms with Crippen molar-refractivity contribution in [1.29, 1.82) is 0 Å². The van der Waals surface area contributed by atoms with Gasteiger partial charge < -0.3 is 9.84 Å². The normalized spacial score (nSPS) is 21.1. The molecule has 1 N–H and O–H groups in total. The SMILES string of the molecule is Cc1ccc(OCC(O)CN2CCCCC2C)cc1.Cl. The number of likely N-dealkylation sites (tertiary alicyclic amines) is 1. The predicted molar refractivity (Wildman–Crippen MR) is 84.8 cm³/mol. The van der Waals surface area contributed by atoms with E-state index in [0.29, 0.717) is 19.2 Å². The van der Waals surface area contributed by atoms with Crippen molar-refractivity contribution in [2.24, 2.45) is 0 Å². The highest BCUT2D eigenvalue weighted by molar-refractivity contribution is 5.85. The quantitative estimate of drug-likeness (QED) is 0.907. The van der Waals surface area contributed by atoms with E-state index in [9.17, 15) is 5.11 Å². The molecule has 0 amide bonds. The molecule has 1 saturated heterocycles. The largest absolute Gasteiger partial charge is 0.491 e. The Balaban J connectivity index is 0.00000200. The third kappa shape index (κ3) is 5.31. The van der Waals surface area contributed by atoms with Crippen LogP contribution in [0, 0.1) is 6.92 Å². The number of halogens is 1. The minimum Gasteiger partial charge on any atom is -0.491 e. The maximum Gasteiger partial charge on any atom is 0.119 e. The summed E-state index contributed by atoms with van der Waals surface area (Å²) < 4.78 is 5.62. The molecular formula is C16H26ClNO2. The highest BCUT2D eigenvalue weighted by Crippen LogP contribution is 2.17. The molecule has 1 heterocycles. The van der Waals surface area contributed by atoms with E-state index in [-0.39, 0.29) is 12.4 Å². The number of hydrogen-bond acceptors (Lipinski definition) is 3. The number of rotatable bonds is 5. The van der Waals surface area contributed by atoms with Crippen molar-refractivity contribution < 1.29 is 9.84 Å². The standard InChI is InChI=1S/C16H25NO2.ClH/c1-13-6-8-16(9-7-13)19-12-15(18)11-17-10-4-3-5-14(17)2;/h6-9,14-15,18H,3-5,10-12H2,1-2H3;1H. The van der Waals surface area contributed by atoms with Crippen LogP contribution in [0.1, 0.15) is 31.7 Å². The van der Waals surface area contributed by atoms with Gasteiger partial charge in [0.1, 0.15) is 18.5 Å². The number of hydrogen-bond donors (Lipinski definition) is 1. The lowest BCUT2D eigenvalue weighted by Gasteiger charge is -2.34. The molecule has 3 nitrogen and oxygen atoms in total. The monoisotopic (exact) mass is 299 g/mol.